The van der Waals surface area contributed by atoms with Crippen LogP contribution in [0.2, 0.25) is 0 Å². The molecule has 0 aliphatic heterocycles. The number of aromatic hydroxyl groups is 1. The molecule has 0 fully saturated rings. The highest BCUT2D eigenvalue weighted by Gasteiger charge is 2.11. The fraction of sp³-hybridized carbons (Fsp3) is 0. The Balaban J connectivity index is 2.25. The molecule has 0 saturated heterocycles. The van der Waals surface area contributed by atoms with Crippen molar-refractivity contribution >= 4 is 0 Å². The van der Waals surface area contributed by atoms with E-state index in [9.17, 15) is 5.11 Å². The summed E-state index contributed by atoms with van der Waals surface area (Å²) >= 11 is 0. The maximum atomic E-state index is 10.2. The molecule has 0 aliphatic carbocycles. The number of hydrogen-bond donors (Lipinski definition) is 1. The maximum absolute atomic E-state index is 10.2. The summed E-state index contributed by atoms with van der Waals surface area (Å²) in [7, 11) is 0. The zero-order valence-corrected chi connectivity index (χ0v) is 10.4. The standard InChI is InChI=1S/C18H13O/c19-17-13-7-12-16(14-8-3-1-4-9-14)18(17)15-10-5-2-6-11-15/h1-12,19H. The lowest BCUT2D eigenvalue weighted by molar-refractivity contribution is 0.476. The quantitative estimate of drug-likeness (QED) is 0.703. The average Bonchev–Trinajstić information content (AvgIpc) is 2.49. The molecule has 1 heteroatoms. The Labute approximate surface area is 112 Å². The number of hydrogen-bond acceptors (Lipinski definition) is 1. The molecule has 0 spiro atoms. The topological polar surface area (TPSA) is 20.2 Å². The minimum atomic E-state index is 0.188. The van der Waals surface area contributed by atoms with Crippen LogP contribution in [-0.4, -0.2) is 5.11 Å². The molecule has 91 valence electrons. The maximum Gasteiger partial charge on any atom is 0.131 e. The van der Waals surface area contributed by atoms with E-state index < -0.39 is 0 Å². The fourth-order valence-electron chi connectivity index (χ4n) is 2.24. The van der Waals surface area contributed by atoms with E-state index in [2.05, 4.69) is 6.07 Å². The van der Waals surface area contributed by atoms with Crippen molar-refractivity contribution in [2.24, 2.45) is 0 Å². The molecule has 0 heterocycles. The lowest BCUT2D eigenvalue weighted by Gasteiger charge is -2.11. The Kier molecular flexibility index (Phi) is 3.03. The molecule has 0 amide bonds. The number of phenols is 1. The van der Waals surface area contributed by atoms with Crippen LogP contribution >= 0.6 is 0 Å². The van der Waals surface area contributed by atoms with Gasteiger partial charge in [-0.25, -0.2) is 0 Å². The van der Waals surface area contributed by atoms with Crippen molar-refractivity contribution in [2.45, 2.75) is 0 Å². The van der Waals surface area contributed by atoms with Gasteiger partial charge in [-0.05, 0) is 22.8 Å². The molecular formula is C18H13O. The van der Waals surface area contributed by atoms with Crippen LogP contribution in [0.5, 0.6) is 5.75 Å². The largest absolute Gasteiger partial charge is 0.507 e. The summed E-state index contributed by atoms with van der Waals surface area (Å²) in [5.74, 6) is 0.188. The van der Waals surface area contributed by atoms with Crippen LogP contribution in [0.3, 0.4) is 0 Å². The Bertz CT molecular complexity index is 673. The van der Waals surface area contributed by atoms with Gasteiger partial charge in [0.25, 0.3) is 0 Å². The first-order valence-electron chi connectivity index (χ1n) is 6.21. The number of rotatable bonds is 2. The van der Waals surface area contributed by atoms with E-state index >= 15 is 0 Å². The van der Waals surface area contributed by atoms with Gasteiger partial charge in [-0.15, -0.1) is 0 Å². The summed E-state index contributed by atoms with van der Waals surface area (Å²) in [6, 6.07) is 26.6. The van der Waals surface area contributed by atoms with Crippen LogP contribution in [0, 0.1) is 6.07 Å². The normalized spacial score (nSPS) is 10.3. The van der Waals surface area contributed by atoms with Gasteiger partial charge in [0.1, 0.15) is 5.75 Å². The van der Waals surface area contributed by atoms with E-state index in [1.807, 2.05) is 66.7 Å². The zero-order chi connectivity index (χ0) is 13.1. The first kappa shape index (κ1) is 11.5. The van der Waals surface area contributed by atoms with Crippen molar-refractivity contribution in [3.8, 4) is 28.0 Å². The number of benzene rings is 3. The third-order valence-corrected chi connectivity index (χ3v) is 3.12. The highest BCUT2D eigenvalue weighted by molar-refractivity contribution is 5.87. The van der Waals surface area contributed by atoms with Gasteiger partial charge < -0.3 is 5.11 Å². The molecule has 0 saturated carbocycles. The minimum Gasteiger partial charge on any atom is -0.507 e. The highest BCUT2D eigenvalue weighted by Crippen LogP contribution is 2.37. The van der Waals surface area contributed by atoms with Crippen molar-refractivity contribution < 1.29 is 5.11 Å². The molecular weight excluding hydrogens is 232 g/mol. The summed E-state index contributed by atoms with van der Waals surface area (Å²) < 4.78 is 0. The highest BCUT2D eigenvalue weighted by atomic mass is 16.3. The van der Waals surface area contributed by atoms with Crippen LogP contribution in [0.15, 0.2) is 72.8 Å². The fourth-order valence-corrected chi connectivity index (χ4v) is 2.24. The van der Waals surface area contributed by atoms with Crippen LogP contribution in [0.4, 0.5) is 0 Å². The average molecular weight is 245 g/mol. The van der Waals surface area contributed by atoms with Crippen molar-refractivity contribution in [3.63, 3.8) is 0 Å². The molecule has 0 aliphatic rings. The molecule has 3 aromatic carbocycles. The van der Waals surface area contributed by atoms with E-state index in [1.165, 1.54) is 0 Å². The van der Waals surface area contributed by atoms with Gasteiger partial charge in [-0.1, -0.05) is 66.7 Å². The van der Waals surface area contributed by atoms with Gasteiger partial charge >= 0.3 is 0 Å². The van der Waals surface area contributed by atoms with Crippen LogP contribution < -0.4 is 0 Å². The van der Waals surface area contributed by atoms with E-state index in [-0.39, 0.29) is 5.75 Å². The minimum absolute atomic E-state index is 0.188. The lowest BCUT2D eigenvalue weighted by Crippen LogP contribution is -1.86. The molecule has 0 aromatic heterocycles. The van der Waals surface area contributed by atoms with Crippen molar-refractivity contribution in [1.82, 2.24) is 0 Å². The third kappa shape index (κ3) is 2.23. The Morgan fingerprint density at radius 3 is 1.89 bits per heavy atom. The summed E-state index contributed by atoms with van der Waals surface area (Å²) in [5.41, 5.74) is 3.93. The van der Waals surface area contributed by atoms with Gasteiger partial charge in [0, 0.05) is 11.6 Å². The van der Waals surface area contributed by atoms with Gasteiger partial charge in [0.15, 0.2) is 0 Å². The van der Waals surface area contributed by atoms with Crippen LogP contribution in [0.25, 0.3) is 22.3 Å². The molecule has 0 bridgehead atoms. The molecule has 19 heavy (non-hydrogen) atoms. The van der Waals surface area contributed by atoms with Gasteiger partial charge in [-0.2, -0.15) is 0 Å². The second-order valence-corrected chi connectivity index (χ2v) is 4.35. The van der Waals surface area contributed by atoms with Crippen molar-refractivity contribution in [3.05, 3.63) is 78.9 Å². The van der Waals surface area contributed by atoms with E-state index in [4.69, 9.17) is 0 Å². The SMILES string of the molecule is Oc1[c]ccc(-c2ccccc2)c1-c1ccccc1. The lowest BCUT2D eigenvalue weighted by atomic mass is 9.94. The van der Waals surface area contributed by atoms with E-state index in [1.54, 1.807) is 6.07 Å². The predicted molar refractivity (Wildman–Crippen MR) is 77.8 cm³/mol. The van der Waals surface area contributed by atoms with Gasteiger partial charge in [-0.3, -0.25) is 0 Å². The molecule has 1 radical (unpaired) electrons. The molecule has 0 atom stereocenters. The molecule has 1 nitrogen and oxygen atoms in total. The van der Waals surface area contributed by atoms with Gasteiger partial charge in [0.05, 0.1) is 0 Å². The molecule has 1 N–H and O–H groups in total. The third-order valence-electron chi connectivity index (χ3n) is 3.12. The second-order valence-electron chi connectivity index (χ2n) is 4.35. The zero-order valence-electron chi connectivity index (χ0n) is 10.4. The van der Waals surface area contributed by atoms with Crippen molar-refractivity contribution in [2.75, 3.05) is 0 Å². The van der Waals surface area contributed by atoms with Crippen molar-refractivity contribution in [1.29, 1.82) is 0 Å². The second kappa shape index (κ2) is 4.99. The Hall–Kier alpha value is -2.54. The first-order valence-corrected chi connectivity index (χ1v) is 6.21. The van der Waals surface area contributed by atoms with Crippen LogP contribution in [-0.2, 0) is 0 Å². The smallest absolute Gasteiger partial charge is 0.131 e. The van der Waals surface area contributed by atoms with E-state index in [0.29, 0.717) is 0 Å². The Morgan fingerprint density at radius 1 is 0.684 bits per heavy atom. The predicted octanol–water partition coefficient (Wildman–Crippen LogP) is 4.53. The molecule has 0 unspecified atom stereocenters. The molecule has 3 rings (SSSR count). The molecule has 3 aromatic rings. The summed E-state index contributed by atoms with van der Waals surface area (Å²) in [4.78, 5) is 0. The monoisotopic (exact) mass is 245 g/mol. The summed E-state index contributed by atoms with van der Waals surface area (Å²) in [5, 5.41) is 10.2. The number of phenolic OH excluding ortho intramolecular Hbond substituents is 1. The van der Waals surface area contributed by atoms with Gasteiger partial charge in [0.2, 0.25) is 0 Å². The summed E-state index contributed by atoms with van der Waals surface area (Å²) in [6.07, 6.45) is 0. The van der Waals surface area contributed by atoms with E-state index in [0.717, 1.165) is 22.3 Å². The van der Waals surface area contributed by atoms with Crippen LogP contribution in [0.1, 0.15) is 0 Å². The first-order chi connectivity index (χ1) is 9.36. The Morgan fingerprint density at radius 2 is 1.26 bits per heavy atom. The summed E-state index contributed by atoms with van der Waals surface area (Å²) in [6.45, 7) is 0.